The maximum absolute atomic E-state index is 11.6. The van der Waals surface area contributed by atoms with Gasteiger partial charge < -0.3 is 15.3 Å². The number of aryl methyl sites for hydroxylation is 2. The third-order valence-corrected chi connectivity index (χ3v) is 6.96. The molecule has 1 unspecified atom stereocenters. The van der Waals surface area contributed by atoms with E-state index >= 15 is 0 Å². The molecule has 176 valence electrons. The number of carboxylic acids is 1. The van der Waals surface area contributed by atoms with Crippen LogP contribution in [-0.2, 0) is 17.6 Å². The van der Waals surface area contributed by atoms with Gasteiger partial charge in [0.1, 0.15) is 5.82 Å². The number of nitrogens with zero attached hydrogens (tertiary/aromatic N) is 4. The van der Waals surface area contributed by atoms with Crippen LogP contribution in [0.1, 0.15) is 48.4 Å². The number of aliphatic carboxylic acids is 1. The van der Waals surface area contributed by atoms with Gasteiger partial charge in [0, 0.05) is 45.0 Å². The van der Waals surface area contributed by atoms with Crippen LogP contribution in [0.4, 0.5) is 11.5 Å². The largest absolute Gasteiger partial charge is 0.481 e. The van der Waals surface area contributed by atoms with Gasteiger partial charge in [-0.3, -0.25) is 9.80 Å². The highest BCUT2D eigenvalue weighted by atomic mass is 16.4. The molecular weight excluding hydrogens is 414 g/mol. The van der Waals surface area contributed by atoms with Gasteiger partial charge in [-0.1, -0.05) is 18.2 Å². The van der Waals surface area contributed by atoms with Gasteiger partial charge in [-0.2, -0.15) is 5.10 Å². The van der Waals surface area contributed by atoms with Crippen LogP contribution in [0.15, 0.2) is 41.5 Å². The van der Waals surface area contributed by atoms with Crippen LogP contribution in [0.5, 0.6) is 0 Å². The molecule has 3 heterocycles. The Balaban J connectivity index is 1.34. The Kier molecular flexibility index (Phi) is 7.60. The van der Waals surface area contributed by atoms with E-state index in [1.807, 2.05) is 31.3 Å². The average molecular weight is 450 g/mol. The number of hydrazone groups is 1. The Morgan fingerprint density at radius 3 is 3.09 bits per heavy atom. The molecule has 1 aromatic heterocycles. The standard InChI is InChI=1S/C26H35N5O2/c1-27-30(2)24-7-3-5-21(15-24)22(16-25(32)33)18-31-14-12-19(17-31)8-10-23-11-9-20-6-4-13-28-26(20)29-23/h3,5,7,9,11,15,19,22H,1,4,6,8,10,12-14,16-18H2,2H3,(H,28,29)(H,32,33)/t19-,22?/m1/s1. The Labute approximate surface area is 196 Å². The van der Waals surface area contributed by atoms with Crippen molar-refractivity contribution in [2.24, 2.45) is 11.0 Å². The zero-order valence-electron chi connectivity index (χ0n) is 19.5. The topological polar surface area (TPSA) is 81.1 Å². The van der Waals surface area contributed by atoms with E-state index in [0.717, 1.165) is 68.9 Å². The van der Waals surface area contributed by atoms with Crippen LogP contribution in [-0.4, -0.2) is 60.9 Å². The molecule has 7 heteroatoms. The van der Waals surface area contributed by atoms with E-state index in [2.05, 4.69) is 34.2 Å². The molecule has 0 bridgehead atoms. The van der Waals surface area contributed by atoms with Crippen molar-refractivity contribution in [1.82, 2.24) is 9.88 Å². The smallest absolute Gasteiger partial charge is 0.304 e. The molecular formula is C26H35N5O2. The molecule has 1 saturated heterocycles. The van der Waals surface area contributed by atoms with E-state index in [0.29, 0.717) is 5.92 Å². The minimum atomic E-state index is -0.761. The number of pyridine rings is 1. The van der Waals surface area contributed by atoms with Crippen molar-refractivity contribution in [3.63, 3.8) is 0 Å². The zero-order chi connectivity index (χ0) is 23.2. The second-order valence-corrected chi connectivity index (χ2v) is 9.35. The molecule has 1 aromatic carbocycles. The van der Waals surface area contributed by atoms with E-state index in [9.17, 15) is 9.90 Å². The lowest BCUT2D eigenvalue weighted by molar-refractivity contribution is -0.137. The first-order chi connectivity index (χ1) is 16.0. The van der Waals surface area contributed by atoms with Crippen molar-refractivity contribution in [2.75, 3.05) is 43.6 Å². The number of hydrogen-bond acceptors (Lipinski definition) is 6. The molecule has 0 radical (unpaired) electrons. The molecule has 2 aliphatic heterocycles. The number of benzene rings is 1. The Hall–Kier alpha value is -2.93. The number of likely N-dealkylation sites (tertiary alicyclic amines) is 1. The van der Waals surface area contributed by atoms with Crippen molar-refractivity contribution < 1.29 is 9.90 Å². The van der Waals surface area contributed by atoms with Crippen molar-refractivity contribution in [1.29, 1.82) is 0 Å². The van der Waals surface area contributed by atoms with Gasteiger partial charge in [-0.05, 0) is 73.9 Å². The van der Waals surface area contributed by atoms with E-state index < -0.39 is 5.97 Å². The Morgan fingerprint density at radius 1 is 1.39 bits per heavy atom. The molecule has 0 saturated carbocycles. The van der Waals surface area contributed by atoms with Crippen molar-refractivity contribution in [3.8, 4) is 0 Å². The summed E-state index contributed by atoms with van der Waals surface area (Å²) in [6.45, 7) is 7.40. The number of carboxylic acid groups (broad SMARTS) is 1. The number of hydrogen-bond donors (Lipinski definition) is 2. The summed E-state index contributed by atoms with van der Waals surface area (Å²) in [5, 5.41) is 18.6. The second kappa shape index (κ2) is 10.8. The zero-order valence-corrected chi connectivity index (χ0v) is 19.5. The van der Waals surface area contributed by atoms with Gasteiger partial charge in [-0.25, -0.2) is 4.98 Å². The number of fused-ring (bicyclic) bond motifs is 1. The van der Waals surface area contributed by atoms with Crippen LogP contribution < -0.4 is 10.3 Å². The molecule has 2 N–H and O–H groups in total. The number of anilines is 2. The fraction of sp³-hybridized carbons (Fsp3) is 0.500. The summed E-state index contributed by atoms with van der Waals surface area (Å²) in [5.41, 5.74) is 4.46. The molecule has 7 nitrogen and oxygen atoms in total. The monoisotopic (exact) mass is 449 g/mol. The van der Waals surface area contributed by atoms with Crippen LogP contribution in [0.3, 0.4) is 0 Å². The second-order valence-electron chi connectivity index (χ2n) is 9.35. The van der Waals surface area contributed by atoms with Crippen LogP contribution >= 0.6 is 0 Å². The fourth-order valence-corrected chi connectivity index (χ4v) is 5.05. The molecule has 2 aliphatic rings. The van der Waals surface area contributed by atoms with Crippen LogP contribution in [0, 0.1) is 5.92 Å². The van der Waals surface area contributed by atoms with Gasteiger partial charge in [-0.15, -0.1) is 0 Å². The lowest BCUT2D eigenvalue weighted by Gasteiger charge is -2.24. The SMILES string of the molecule is C=NN(C)c1cccc(C(CC(=O)O)CN2CC[C@@H](CCc3ccc4c(n3)NCCC4)C2)c1. The third-order valence-electron chi connectivity index (χ3n) is 6.96. The first kappa shape index (κ1) is 23.2. The summed E-state index contributed by atoms with van der Waals surface area (Å²) in [4.78, 5) is 18.9. The third kappa shape index (κ3) is 6.11. The first-order valence-corrected chi connectivity index (χ1v) is 12.0. The normalized spacial score (nSPS) is 18.9. The number of nitrogens with one attached hydrogen (secondary N) is 1. The van der Waals surface area contributed by atoms with Gasteiger partial charge >= 0.3 is 5.97 Å². The molecule has 1 fully saturated rings. The van der Waals surface area contributed by atoms with E-state index in [1.54, 1.807) is 5.01 Å². The summed E-state index contributed by atoms with van der Waals surface area (Å²) < 4.78 is 0. The highest BCUT2D eigenvalue weighted by molar-refractivity contribution is 5.68. The molecule has 0 aliphatic carbocycles. The summed E-state index contributed by atoms with van der Waals surface area (Å²) in [6, 6.07) is 12.4. The molecule has 33 heavy (non-hydrogen) atoms. The van der Waals surface area contributed by atoms with Crippen molar-refractivity contribution >= 4 is 24.2 Å². The van der Waals surface area contributed by atoms with E-state index in [-0.39, 0.29) is 12.3 Å². The van der Waals surface area contributed by atoms with Crippen molar-refractivity contribution in [3.05, 3.63) is 53.2 Å². The maximum atomic E-state index is 11.6. The number of rotatable bonds is 10. The number of aromatic nitrogens is 1. The summed E-state index contributed by atoms with van der Waals surface area (Å²) in [6.07, 6.45) is 5.70. The van der Waals surface area contributed by atoms with Gasteiger partial charge in [0.15, 0.2) is 0 Å². The van der Waals surface area contributed by atoms with Crippen LogP contribution in [0.2, 0.25) is 0 Å². The molecule has 2 aromatic rings. The molecule has 0 amide bonds. The van der Waals surface area contributed by atoms with Gasteiger partial charge in [0.2, 0.25) is 0 Å². The van der Waals surface area contributed by atoms with Gasteiger partial charge in [0.25, 0.3) is 0 Å². The quantitative estimate of drug-likeness (QED) is 0.421. The lowest BCUT2D eigenvalue weighted by Crippen LogP contribution is -2.28. The predicted octanol–water partition coefficient (Wildman–Crippen LogP) is 4.00. The highest BCUT2D eigenvalue weighted by Crippen LogP contribution is 2.29. The lowest BCUT2D eigenvalue weighted by atomic mass is 9.94. The van der Waals surface area contributed by atoms with E-state index in [1.165, 1.54) is 17.7 Å². The summed E-state index contributed by atoms with van der Waals surface area (Å²) in [7, 11) is 1.84. The summed E-state index contributed by atoms with van der Waals surface area (Å²) in [5.74, 6) is 0.891. The van der Waals surface area contributed by atoms with Gasteiger partial charge in [0.05, 0.1) is 12.1 Å². The minimum Gasteiger partial charge on any atom is -0.481 e. The maximum Gasteiger partial charge on any atom is 0.304 e. The Bertz CT molecular complexity index is 979. The average Bonchev–Trinajstić information content (AvgIpc) is 3.29. The summed E-state index contributed by atoms with van der Waals surface area (Å²) >= 11 is 0. The molecule has 4 rings (SSSR count). The Morgan fingerprint density at radius 2 is 2.27 bits per heavy atom. The van der Waals surface area contributed by atoms with E-state index in [4.69, 9.17) is 4.98 Å². The predicted molar refractivity (Wildman–Crippen MR) is 133 cm³/mol. The minimum absolute atomic E-state index is 0.0483. The van der Waals surface area contributed by atoms with Crippen LogP contribution in [0.25, 0.3) is 0 Å². The van der Waals surface area contributed by atoms with Crippen molar-refractivity contribution in [2.45, 2.75) is 44.4 Å². The fourth-order valence-electron chi connectivity index (χ4n) is 5.05. The first-order valence-electron chi connectivity index (χ1n) is 12.0. The number of carbonyl (C=O) groups is 1. The molecule has 2 atom stereocenters. The highest BCUT2D eigenvalue weighted by Gasteiger charge is 2.27. The molecule has 0 spiro atoms.